The third-order valence-corrected chi connectivity index (χ3v) is 3.04. The lowest BCUT2D eigenvalue weighted by atomic mass is 10.2. The SMILES string of the molecule is CCOc1cc(CN)ccc1OCc1nccn1CC. The summed E-state index contributed by atoms with van der Waals surface area (Å²) in [4.78, 5) is 4.29. The van der Waals surface area contributed by atoms with Crippen LogP contribution in [0.5, 0.6) is 11.5 Å². The summed E-state index contributed by atoms with van der Waals surface area (Å²) in [6.07, 6.45) is 3.73. The molecule has 1 heterocycles. The van der Waals surface area contributed by atoms with Gasteiger partial charge in [-0.25, -0.2) is 4.98 Å². The molecule has 1 aromatic carbocycles. The van der Waals surface area contributed by atoms with E-state index in [4.69, 9.17) is 15.2 Å². The molecule has 5 heteroatoms. The maximum Gasteiger partial charge on any atom is 0.161 e. The number of ether oxygens (including phenoxy) is 2. The van der Waals surface area contributed by atoms with Gasteiger partial charge in [0.05, 0.1) is 6.61 Å². The Morgan fingerprint density at radius 2 is 2.05 bits per heavy atom. The summed E-state index contributed by atoms with van der Waals surface area (Å²) in [6, 6.07) is 5.77. The monoisotopic (exact) mass is 275 g/mol. The molecule has 5 nitrogen and oxygen atoms in total. The van der Waals surface area contributed by atoms with Gasteiger partial charge < -0.3 is 19.8 Å². The van der Waals surface area contributed by atoms with Crippen molar-refractivity contribution in [3.8, 4) is 11.5 Å². The predicted molar refractivity (Wildman–Crippen MR) is 77.7 cm³/mol. The van der Waals surface area contributed by atoms with Crippen LogP contribution in [0, 0.1) is 0 Å². The van der Waals surface area contributed by atoms with Gasteiger partial charge in [0, 0.05) is 25.5 Å². The van der Waals surface area contributed by atoms with Crippen molar-refractivity contribution in [2.45, 2.75) is 33.5 Å². The molecule has 0 aliphatic carbocycles. The van der Waals surface area contributed by atoms with Crippen LogP contribution in [0.3, 0.4) is 0 Å². The largest absolute Gasteiger partial charge is 0.490 e. The lowest BCUT2D eigenvalue weighted by Crippen LogP contribution is -2.07. The summed E-state index contributed by atoms with van der Waals surface area (Å²) in [6.45, 7) is 6.40. The van der Waals surface area contributed by atoms with E-state index in [2.05, 4.69) is 16.5 Å². The van der Waals surface area contributed by atoms with Gasteiger partial charge in [0.25, 0.3) is 0 Å². The van der Waals surface area contributed by atoms with E-state index in [0.717, 1.165) is 29.4 Å². The molecule has 0 radical (unpaired) electrons. The molecule has 2 N–H and O–H groups in total. The highest BCUT2D eigenvalue weighted by atomic mass is 16.5. The highest BCUT2D eigenvalue weighted by molar-refractivity contribution is 5.43. The zero-order valence-electron chi connectivity index (χ0n) is 12.0. The molecule has 20 heavy (non-hydrogen) atoms. The topological polar surface area (TPSA) is 62.3 Å². The second kappa shape index (κ2) is 6.96. The predicted octanol–water partition coefficient (Wildman–Crippen LogP) is 2.34. The minimum atomic E-state index is 0.420. The number of nitrogens with two attached hydrogens (primary N) is 1. The van der Waals surface area contributed by atoms with Crippen LogP contribution >= 0.6 is 0 Å². The highest BCUT2D eigenvalue weighted by Crippen LogP contribution is 2.29. The number of benzene rings is 1. The van der Waals surface area contributed by atoms with Gasteiger partial charge in [0.2, 0.25) is 0 Å². The van der Waals surface area contributed by atoms with E-state index < -0.39 is 0 Å². The van der Waals surface area contributed by atoms with E-state index in [-0.39, 0.29) is 0 Å². The maximum absolute atomic E-state index is 5.83. The molecule has 0 aliphatic rings. The van der Waals surface area contributed by atoms with Gasteiger partial charge in [0.1, 0.15) is 12.4 Å². The Hall–Kier alpha value is -2.01. The van der Waals surface area contributed by atoms with Gasteiger partial charge in [0.15, 0.2) is 11.5 Å². The standard InChI is InChI=1S/C15H21N3O2/c1-3-18-8-7-17-15(18)11-20-13-6-5-12(10-16)9-14(13)19-4-2/h5-9H,3-4,10-11,16H2,1-2H3. The van der Waals surface area contributed by atoms with Crippen molar-refractivity contribution < 1.29 is 9.47 Å². The first-order valence-electron chi connectivity index (χ1n) is 6.87. The van der Waals surface area contributed by atoms with Crippen molar-refractivity contribution in [3.05, 3.63) is 42.0 Å². The molecule has 0 saturated heterocycles. The number of hydrogen-bond acceptors (Lipinski definition) is 4. The van der Waals surface area contributed by atoms with Crippen molar-refractivity contribution in [1.82, 2.24) is 9.55 Å². The summed E-state index contributed by atoms with van der Waals surface area (Å²) in [7, 11) is 0. The van der Waals surface area contributed by atoms with E-state index in [1.165, 1.54) is 0 Å². The number of imidazole rings is 1. The van der Waals surface area contributed by atoms with E-state index >= 15 is 0 Å². The van der Waals surface area contributed by atoms with Crippen molar-refractivity contribution in [3.63, 3.8) is 0 Å². The third kappa shape index (κ3) is 3.30. The number of aryl methyl sites for hydroxylation is 1. The van der Waals surface area contributed by atoms with Gasteiger partial charge >= 0.3 is 0 Å². The quantitative estimate of drug-likeness (QED) is 0.842. The molecule has 0 amide bonds. The Morgan fingerprint density at radius 1 is 1.20 bits per heavy atom. The molecule has 0 bridgehead atoms. The molecule has 0 unspecified atom stereocenters. The lowest BCUT2D eigenvalue weighted by Gasteiger charge is -2.13. The second-order valence-corrected chi connectivity index (χ2v) is 4.34. The number of rotatable bonds is 7. The molecule has 0 spiro atoms. The van der Waals surface area contributed by atoms with Crippen LogP contribution in [0.4, 0.5) is 0 Å². The summed E-state index contributed by atoms with van der Waals surface area (Å²) in [5.74, 6) is 2.35. The fourth-order valence-electron chi connectivity index (χ4n) is 1.98. The average molecular weight is 275 g/mol. The molecule has 2 rings (SSSR count). The Labute approximate surface area is 119 Å². The summed E-state index contributed by atoms with van der Waals surface area (Å²) in [5.41, 5.74) is 6.67. The minimum Gasteiger partial charge on any atom is -0.490 e. The van der Waals surface area contributed by atoms with Crippen LogP contribution in [0.1, 0.15) is 25.2 Å². The van der Waals surface area contributed by atoms with E-state index in [0.29, 0.717) is 19.8 Å². The lowest BCUT2D eigenvalue weighted by molar-refractivity contribution is 0.259. The number of nitrogens with zero attached hydrogens (tertiary/aromatic N) is 2. The van der Waals surface area contributed by atoms with Gasteiger partial charge in [-0.05, 0) is 31.5 Å². The number of aromatic nitrogens is 2. The smallest absolute Gasteiger partial charge is 0.161 e. The first kappa shape index (κ1) is 14.4. The first-order chi connectivity index (χ1) is 9.78. The Kier molecular flexibility index (Phi) is 5.01. The van der Waals surface area contributed by atoms with E-state index in [1.54, 1.807) is 6.20 Å². The van der Waals surface area contributed by atoms with Crippen LogP contribution in [-0.4, -0.2) is 16.2 Å². The molecular formula is C15H21N3O2. The molecular weight excluding hydrogens is 254 g/mol. The third-order valence-electron chi connectivity index (χ3n) is 3.04. The molecule has 0 fully saturated rings. The molecule has 2 aromatic rings. The molecule has 0 saturated carbocycles. The molecule has 0 aliphatic heterocycles. The normalized spacial score (nSPS) is 10.6. The first-order valence-corrected chi connectivity index (χ1v) is 6.87. The zero-order valence-corrected chi connectivity index (χ0v) is 12.0. The highest BCUT2D eigenvalue weighted by Gasteiger charge is 2.08. The molecule has 1 aromatic heterocycles. The Balaban J connectivity index is 2.12. The zero-order chi connectivity index (χ0) is 14.4. The van der Waals surface area contributed by atoms with Crippen molar-refractivity contribution in [2.75, 3.05) is 6.61 Å². The van der Waals surface area contributed by atoms with Crippen molar-refractivity contribution in [1.29, 1.82) is 0 Å². The van der Waals surface area contributed by atoms with E-state index in [1.807, 2.05) is 31.3 Å². The maximum atomic E-state index is 5.83. The van der Waals surface area contributed by atoms with Gasteiger partial charge in [-0.15, -0.1) is 0 Å². The van der Waals surface area contributed by atoms with Gasteiger partial charge in [-0.2, -0.15) is 0 Å². The fourth-order valence-corrected chi connectivity index (χ4v) is 1.98. The Bertz CT molecular complexity index is 552. The molecule has 108 valence electrons. The van der Waals surface area contributed by atoms with Crippen LogP contribution in [-0.2, 0) is 19.7 Å². The van der Waals surface area contributed by atoms with Gasteiger partial charge in [-0.3, -0.25) is 0 Å². The van der Waals surface area contributed by atoms with Crippen molar-refractivity contribution in [2.24, 2.45) is 5.73 Å². The minimum absolute atomic E-state index is 0.420. The van der Waals surface area contributed by atoms with Crippen molar-refractivity contribution >= 4 is 0 Å². The van der Waals surface area contributed by atoms with Gasteiger partial charge in [-0.1, -0.05) is 6.07 Å². The van der Waals surface area contributed by atoms with Crippen LogP contribution in [0.15, 0.2) is 30.6 Å². The molecule has 0 atom stereocenters. The number of hydrogen-bond donors (Lipinski definition) is 1. The summed E-state index contributed by atoms with van der Waals surface area (Å²) >= 11 is 0. The van der Waals surface area contributed by atoms with Crippen LogP contribution in [0.25, 0.3) is 0 Å². The van der Waals surface area contributed by atoms with Crippen LogP contribution < -0.4 is 15.2 Å². The summed E-state index contributed by atoms with van der Waals surface area (Å²) in [5, 5.41) is 0. The van der Waals surface area contributed by atoms with E-state index in [9.17, 15) is 0 Å². The average Bonchev–Trinajstić information content (AvgIpc) is 2.93. The van der Waals surface area contributed by atoms with Crippen LogP contribution in [0.2, 0.25) is 0 Å². The fraction of sp³-hybridized carbons (Fsp3) is 0.400. The Morgan fingerprint density at radius 3 is 2.75 bits per heavy atom. The summed E-state index contributed by atoms with van der Waals surface area (Å²) < 4.78 is 13.5. The second-order valence-electron chi connectivity index (χ2n) is 4.34.